The third-order valence-electron chi connectivity index (χ3n) is 4.74. The van der Waals surface area contributed by atoms with E-state index in [0.29, 0.717) is 18.4 Å². The van der Waals surface area contributed by atoms with E-state index in [4.69, 9.17) is 27.9 Å². The standard InChI is InChI=1S/C21H39Cl2NO3/c1-24(20(17-25)18-27-2)21(26)15-11-6-4-3-5-9-13-19(23)14-10-7-8-12-16-22/h4,6,19-20,25H,3,5,7-18H2,1-2H3/b6-4+/t19?,20-/m1/s1. The first-order chi connectivity index (χ1) is 13.1. The Kier molecular flexibility index (Phi) is 18.8. The van der Waals surface area contributed by atoms with E-state index in [9.17, 15) is 9.90 Å². The summed E-state index contributed by atoms with van der Waals surface area (Å²) in [4.78, 5) is 13.7. The maximum Gasteiger partial charge on any atom is 0.223 e. The second kappa shape index (κ2) is 19.0. The first-order valence-corrected chi connectivity index (χ1v) is 11.2. The molecular formula is C21H39Cl2NO3. The van der Waals surface area contributed by atoms with Crippen molar-refractivity contribution in [1.29, 1.82) is 0 Å². The van der Waals surface area contributed by atoms with Crippen LogP contribution in [0.3, 0.4) is 0 Å². The molecule has 0 aliphatic rings. The largest absolute Gasteiger partial charge is 0.394 e. The van der Waals surface area contributed by atoms with Gasteiger partial charge in [-0.15, -0.1) is 23.2 Å². The Morgan fingerprint density at radius 3 is 2.33 bits per heavy atom. The van der Waals surface area contributed by atoms with Gasteiger partial charge in [0.2, 0.25) is 5.91 Å². The van der Waals surface area contributed by atoms with Gasteiger partial charge in [-0.05, 0) is 38.5 Å². The molecule has 1 amide bonds. The Balaban J connectivity index is 3.65. The van der Waals surface area contributed by atoms with E-state index < -0.39 is 0 Å². The number of alkyl halides is 2. The molecule has 4 nitrogen and oxygen atoms in total. The van der Waals surface area contributed by atoms with Crippen molar-refractivity contribution in [2.75, 3.05) is 33.3 Å². The lowest BCUT2D eigenvalue weighted by Crippen LogP contribution is -2.42. The lowest BCUT2D eigenvalue weighted by molar-refractivity contribution is -0.133. The number of carbonyl (C=O) groups excluding carboxylic acids is 1. The molecular weight excluding hydrogens is 385 g/mol. The molecule has 0 aromatic carbocycles. The molecule has 0 fully saturated rings. The third kappa shape index (κ3) is 15.3. The molecule has 0 bridgehead atoms. The van der Waals surface area contributed by atoms with E-state index in [1.807, 2.05) is 0 Å². The number of amides is 1. The zero-order valence-electron chi connectivity index (χ0n) is 17.2. The molecule has 0 saturated carbocycles. The molecule has 0 radical (unpaired) electrons. The summed E-state index contributed by atoms with van der Waals surface area (Å²) in [6.07, 6.45) is 15.7. The number of aliphatic hydroxyl groups excluding tert-OH is 1. The molecule has 0 aliphatic carbocycles. The normalized spacial score (nSPS) is 13.8. The number of hydrogen-bond donors (Lipinski definition) is 1. The van der Waals surface area contributed by atoms with Crippen LogP contribution in [-0.2, 0) is 9.53 Å². The van der Waals surface area contributed by atoms with Gasteiger partial charge in [0.05, 0.1) is 19.3 Å². The Bertz CT molecular complexity index is 380. The summed E-state index contributed by atoms with van der Waals surface area (Å²) in [5.41, 5.74) is 0. The molecule has 0 aromatic heterocycles. The lowest BCUT2D eigenvalue weighted by Gasteiger charge is -2.25. The fourth-order valence-electron chi connectivity index (χ4n) is 2.89. The number of nitrogens with zero attached hydrogens (tertiary/aromatic N) is 1. The van der Waals surface area contributed by atoms with Crippen LogP contribution in [0.25, 0.3) is 0 Å². The van der Waals surface area contributed by atoms with Gasteiger partial charge in [-0.1, -0.05) is 37.8 Å². The summed E-state index contributed by atoms with van der Waals surface area (Å²) < 4.78 is 5.02. The van der Waals surface area contributed by atoms with Crippen LogP contribution in [0, 0.1) is 0 Å². The zero-order chi connectivity index (χ0) is 20.3. The Morgan fingerprint density at radius 1 is 1.07 bits per heavy atom. The van der Waals surface area contributed by atoms with Crippen molar-refractivity contribution in [1.82, 2.24) is 4.90 Å². The van der Waals surface area contributed by atoms with E-state index in [1.165, 1.54) is 19.3 Å². The second-order valence-corrected chi connectivity index (χ2v) is 8.08. The molecule has 2 atom stereocenters. The predicted molar refractivity (Wildman–Crippen MR) is 116 cm³/mol. The molecule has 160 valence electrons. The first kappa shape index (κ1) is 26.7. The number of allylic oxidation sites excluding steroid dienone is 2. The second-order valence-electron chi connectivity index (χ2n) is 7.08. The van der Waals surface area contributed by atoms with E-state index in [1.54, 1.807) is 19.1 Å². The summed E-state index contributed by atoms with van der Waals surface area (Å²) in [6, 6.07) is -0.268. The summed E-state index contributed by atoms with van der Waals surface area (Å²) in [7, 11) is 3.28. The lowest BCUT2D eigenvalue weighted by atomic mass is 10.1. The van der Waals surface area contributed by atoms with Crippen LogP contribution < -0.4 is 0 Å². The quantitative estimate of drug-likeness (QED) is 0.188. The number of likely N-dealkylation sites (N-methyl/N-ethyl adjacent to an activating group) is 1. The molecule has 0 heterocycles. The maximum atomic E-state index is 12.1. The minimum absolute atomic E-state index is 0.0341. The molecule has 0 aliphatic heterocycles. The van der Waals surface area contributed by atoms with Crippen molar-refractivity contribution in [2.24, 2.45) is 0 Å². The number of carbonyl (C=O) groups is 1. The van der Waals surface area contributed by atoms with Gasteiger partial charge in [0.1, 0.15) is 0 Å². The average molecular weight is 424 g/mol. The molecule has 1 N–H and O–H groups in total. The average Bonchev–Trinajstić information content (AvgIpc) is 2.67. The highest BCUT2D eigenvalue weighted by atomic mass is 35.5. The smallest absolute Gasteiger partial charge is 0.223 e. The number of ether oxygens (including phenoxy) is 1. The summed E-state index contributed by atoms with van der Waals surface area (Å²) in [6.45, 7) is 0.268. The summed E-state index contributed by atoms with van der Waals surface area (Å²) >= 11 is 12.0. The van der Waals surface area contributed by atoms with E-state index >= 15 is 0 Å². The van der Waals surface area contributed by atoms with Crippen molar-refractivity contribution in [3.8, 4) is 0 Å². The van der Waals surface area contributed by atoms with Crippen LogP contribution in [0.5, 0.6) is 0 Å². The molecule has 27 heavy (non-hydrogen) atoms. The zero-order valence-corrected chi connectivity index (χ0v) is 18.7. The number of hydrogen-bond acceptors (Lipinski definition) is 3. The molecule has 0 rings (SSSR count). The highest BCUT2D eigenvalue weighted by molar-refractivity contribution is 6.20. The molecule has 6 heteroatoms. The first-order valence-electron chi connectivity index (χ1n) is 10.3. The summed E-state index contributed by atoms with van der Waals surface area (Å²) in [5, 5.41) is 9.58. The van der Waals surface area contributed by atoms with Crippen molar-refractivity contribution >= 4 is 29.1 Å². The molecule has 1 unspecified atom stereocenters. The number of aliphatic hydroxyl groups is 1. The van der Waals surface area contributed by atoms with Gasteiger partial charge >= 0.3 is 0 Å². The predicted octanol–water partition coefficient (Wildman–Crippen LogP) is 5.15. The minimum atomic E-state index is -0.268. The van der Waals surface area contributed by atoms with Crippen molar-refractivity contribution < 1.29 is 14.6 Å². The van der Waals surface area contributed by atoms with Gasteiger partial charge in [-0.2, -0.15) is 0 Å². The number of halogens is 2. The van der Waals surface area contributed by atoms with Crippen LogP contribution in [-0.4, -0.2) is 60.6 Å². The van der Waals surface area contributed by atoms with E-state index in [-0.39, 0.29) is 18.6 Å². The van der Waals surface area contributed by atoms with Crippen LogP contribution in [0.15, 0.2) is 12.2 Å². The Morgan fingerprint density at radius 2 is 1.70 bits per heavy atom. The Hall–Kier alpha value is -0.290. The van der Waals surface area contributed by atoms with Gasteiger partial charge in [0.15, 0.2) is 0 Å². The molecule has 0 aromatic rings. The van der Waals surface area contributed by atoms with Gasteiger partial charge in [-0.25, -0.2) is 0 Å². The van der Waals surface area contributed by atoms with Gasteiger partial charge < -0.3 is 14.7 Å². The number of rotatable bonds is 18. The van der Waals surface area contributed by atoms with Crippen LogP contribution in [0.2, 0.25) is 0 Å². The summed E-state index contributed by atoms with van der Waals surface area (Å²) in [5.74, 6) is 0.798. The van der Waals surface area contributed by atoms with Gasteiger partial charge in [0, 0.05) is 31.8 Å². The number of methoxy groups -OCH3 is 1. The topological polar surface area (TPSA) is 49.8 Å². The minimum Gasteiger partial charge on any atom is -0.394 e. The molecule has 0 spiro atoms. The fourth-order valence-corrected chi connectivity index (χ4v) is 3.39. The fraction of sp³-hybridized carbons (Fsp3) is 0.857. The maximum absolute atomic E-state index is 12.1. The Labute approximate surface area is 176 Å². The van der Waals surface area contributed by atoms with Crippen molar-refractivity contribution in [3.05, 3.63) is 12.2 Å². The monoisotopic (exact) mass is 423 g/mol. The number of unbranched alkanes of at least 4 members (excludes halogenated alkanes) is 5. The molecule has 0 saturated heterocycles. The van der Waals surface area contributed by atoms with E-state index in [2.05, 4.69) is 12.2 Å². The SMILES string of the molecule is COC[C@@H](CO)N(C)C(=O)CC/C=C/CCCCC(Cl)CCCCCCCl. The van der Waals surface area contributed by atoms with Crippen molar-refractivity contribution in [2.45, 2.75) is 82.0 Å². The van der Waals surface area contributed by atoms with Gasteiger partial charge in [-0.3, -0.25) is 4.79 Å². The van der Waals surface area contributed by atoms with Crippen LogP contribution in [0.1, 0.15) is 70.6 Å². The highest BCUT2D eigenvalue weighted by Gasteiger charge is 2.18. The van der Waals surface area contributed by atoms with E-state index in [0.717, 1.165) is 50.8 Å². The highest BCUT2D eigenvalue weighted by Crippen LogP contribution is 2.17. The van der Waals surface area contributed by atoms with Crippen LogP contribution in [0.4, 0.5) is 0 Å². The van der Waals surface area contributed by atoms with Crippen LogP contribution >= 0.6 is 23.2 Å². The third-order valence-corrected chi connectivity index (χ3v) is 5.45. The van der Waals surface area contributed by atoms with Gasteiger partial charge in [0.25, 0.3) is 0 Å². The van der Waals surface area contributed by atoms with Crippen molar-refractivity contribution in [3.63, 3.8) is 0 Å².